The molecule has 2 saturated heterocycles. The van der Waals surface area contributed by atoms with Crippen molar-refractivity contribution in [1.29, 1.82) is 0 Å². The Balaban J connectivity index is 1.27. The lowest BCUT2D eigenvalue weighted by Gasteiger charge is -2.34. The highest BCUT2D eigenvalue weighted by Crippen LogP contribution is 2.29. The van der Waals surface area contributed by atoms with Crippen LogP contribution in [-0.2, 0) is 78.1 Å². The van der Waals surface area contributed by atoms with Crippen LogP contribution in [0.5, 0.6) is 5.75 Å². The number of nitrogens with one attached hydrogen (secondary N) is 9. The number of carbonyl (C=O) groups is 11. The van der Waals surface area contributed by atoms with Gasteiger partial charge in [0.1, 0.15) is 85.2 Å². The molecule has 4 aliphatic heterocycles. The lowest BCUT2D eigenvalue weighted by atomic mass is 9.93. The van der Waals surface area contributed by atoms with Crippen molar-refractivity contribution in [2.45, 2.75) is 185 Å². The van der Waals surface area contributed by atoms with Crippen LogP contribution in [0.1, 0.15) is 111 Å². The van der Waals surface area contributed by atoms with Crippen molar-refractivity contribution in [3.8, 4) is 5.75 Å². The Morgan fingerprint density at radius 2 is 1.43 bits per heavy atom. The maximum atomic E-state index is 15.4. The van der Waals surface area contributed by atoms with Gasteiger partial charge in [-0.1, -0.05) is 83.5 Å². The van der Waals surface area contributed by atoms with E-state index < -0.39 is 205 Å². The number of rotatable bonds is 22. The number of cyclic esters (lactones) is 1. The number of aromatic amines is 1. The number of amides is 9. The van der Waals surface area contributed by atoms with Crippen LogP contribution in [0.15, 0.2) is 88.6 Å². The van der Waals surface area contributed by atoms with E-state index in [0.717, 1.165) is 40.8 Å². The van der Waals surface area contributed by atoms with E-state index in [0.29, 0.717) is 5.56 Å². The molecule has 560 valence electrons. The molecule has 2 fully saturated rings. The summed E-state index contributed by atoms with van der Waals surface area (Å²) in [4.78, 5) is 182. The van der Waals surface area contributed by atoms with Crippen LogP contribution in [0.25, 0.3) is 0 Å². The van der Waals surface area contributed by atoms with Gasteiger partial charge in [0, 0.05) is 64.3 Å². The lowest BCUT2D eigenvalue weighted by Crippen LogP contribution is -2.61. The fourth-order valence-electron chi connectivity index (χ4n) is 11.1. The summed E-state index contributed by atoms with van der Waals surface area (Å²) < 4.78 is 29.8. The Labute approximate surface area is 587 Å². The second-order valence-electron chi connectivity index (χ2n) is 25.9. The lowest BCUT2D eigenvalue weighted by molar-refractivity contribution is -0.160. The molecular weight excluding hydrogens is 1340 g/mol. The number of H-pyrrole nitrogens is 1. The van der Waals surface area contributed by atoms with Crippen LogP contribution in [0.4, 0.5) is 0 Å². The van der Waals surface area contributed by atoms with Crippen molar-refractivity contribution in [1.82, 2.24) is 57.0 Å². The van der Waals surface area contributed by atoms with E-state index in [1.807, 2.05) is 4.98 Å². The summed E-state index contributed by atoms with van der Waals surface area (Å²) in [6.45, 7) is 8.99. The average molecular weight is 1430 g/mol. The van der Waals surface area contributed by atoms with Crippen LogP contribution in [0, 0.1) is 17.8 Å². The van der Waals surface area contributed by atoms with Gasteiger partial charge in [0.25, 0.3) is 5.56 Å². The van der Waals surface area contributed by atoms with Gasteiger partial charge in [0.15, 0.2) is 12.3 Å². The molecule has 1 aromatic heterocycles. The Bertz CT molecular complexity index is 3570. The third kappa shape index (κ3) is 22.8. The Morgan fingerprint density at radius 3 is 2.08 bits per heavy atom. The van der Waals surface area contributed by atoms with Gasteiger partial charge in [-0.25, -0.2) is 9.59 Å². The first-order chi connectivity index (χ1) is 48.2. The molecule has 4 aliphatic rings. The van der Waals surface area contributed by atoms with Crippen LogP contribution >= 0.6 is 0 Å². The van der Waals surface area contributed by atoms with Gasteiger partial charge >= 0.3 is 17.6 Å². The maximum absolute atomic E-state index is 15.4. The first-order valence-corrected chi connectivity index (χ1v) is 33.7. The number of hydrogen-bond acceptors (Lipinski definition) is 23. The molecule has 7 rings (SSSR count). The van der Waals surface area contributed by atoms with E-state index in [-0.39, 0.29) is 69.5 Å². The topological polar surface area (TPSA) is 489 Å². The van der Waals surface area contributed by atoms with Gasteiger partial charge in [-0.15, -0.1) is 0 Å². The largest absolute Gasteiger partial charge is 0.487 e. The van der Waals surface area contributed by atoms with Crippen LogP contribution in [-0.4, -0.2) is 230 Å². The molecule has 0 unspecified atom stereocenters. The third-order valence-corrected chi connectivity index (χ3v) is 17.8. The number of nitrogens with zero attached hydrogens (tertiary/aromatic N) is 2. The normalized spacial score (nSPS) is 27.5. The number of likely N-dealkylation sites (N-methyl/N-ethyl adjacent to an activating group) is 1. The molecule has 0 radical (unpaired) electrons. The number of aromatic nitrogens is 2. The first kappa shape index (κ1) is 81.5. The smallest absolute Gasteiger partial charge is 0.332 e. The number of aliphatic hydroxyl groups excluding tert-OH is 4. The number of carbonyl (C=O) groups excluding carboxylic acids is 11. The van der Waals surface area contributed by atoms with Crippen LogP contribution < -0.4 is 58.5 Å². The number of benzene rings is 2. The second kappa shape index (κ2) is 38.0. The van der Waals surface area contributed by atoms with E-state index in [1.54, 1.807) is 58.0 Å². The number of ether oxygens (including phenoxy) is 5. The monoisotopic (exact) mass is 1430 g/mol. The quantitative estimate of drug-likeness (QED) is 0.0344. The SMILES string of the molecule is CC[C@H](C)[C@H]1NC(=O)[C@@H](NC(=O)[C@H](C)[C@H](O)C(C)C)[C@@H](C)OC(=O)[C@@H]2COC(=O)CNC(=O)/C=C/[C@@](O)(COCCCNC(=O)CCCC(=O)NC[C@H]3O[C@@H](n4ccc(=O)[nH]c4=O)[C@H](O)[C@@H]3O)[C@H](C)Oc3ccc(cc3)[C@H](NC1=O)C(=O)N(C)[C@@H](Cc1ccccc1)C(=O)N[C@H]([C@@H](C)O)C(=O)N2. The number of aliphatic hydroxyl groups is 5. The number of esters is 2. The predicted octanol–water partition coefficient (Wildman–Crippen LogP) is -3.42. The molecule has 34 heteroatoms. The zero-order chi connectivity index (χ0) is 75.3. The molecule has 4 bridgehead atoms. The highest BCUT2D eigenvalue weighted by molar-refractivity contribution is 5.98. The molecule has 0 saturated carbocycles. The van der Waals surface area contributed by atoms with E-state index in [4.69, 9.17) is 23.7 Å². The molecule has 102 heavy (non-hydrogen) atoms. The number of fused-ring (bicyclic) bond motifs is 11. The van der Waals surface area contributed by atoms with Crippen molar-refractivity contribution < 1.29 is 102 Å². The minimum absolute atomic E-state index is 0.0474. The fourth-order valence-corrected chi connectivity index (χ4v) is 11.1. The van der Waals surface area contributed by atoms with E-state index in [2.05, 4.69) is 42.5 Å². The first-order valence-electron chi connectivity index (χ1n) is 33.7. The summed E-state index contributed by atoms with van der Waals surface area (Å²) >= 11 is 0. The zero-order valence-electron chi connectivity index (χ0n) is 58.3. The molecule has 17 atom stereocenters. The highest BCUT2D eigenvalue weighted by atomic mass is 16.6. The van der Waals surface area contributed by atoms with Gasteiger partial charge in [-0.05, 0) is 74.8 Å². The maximum Gasteiger partial charge on any atom is 0.332 e. The molecule has 34 nitrogen and oxygen atoms in total. The highest BCUT2D eigenvalue weighted by Gasteiger charge is 2.46. The Kier molecular flexibility index (Phi) is 30.4. The predicted molar refractivity (Wildman–Crippen MR) is 359 cm³/mol. The molecule has 2 aromatic carbocycles. The van der Waals surface area contributed by atoms with Crippen molar-refractivity contribution in [3.63, 3.8) is 0 Å². The van der Waals surface area contributed by atoms with Crippen molar-refractivity contribution >= 4 is 65.1 Å². The minimum atomic E-state index is -2.18. The molecular formula is C68H95N11O23. The van der Waals surface area contributed by atoms with Gasteiger partial charge in [-0.2, -0.15) is 0 Å². The van der Waals surface area contributed by atoms with Crippen molar-refractivity contribution in [2.75, 3.05) is 46.5 Å². The summed E-state index contributed by atoms with van der Waals surface area (Å²) in [5, 5.41) is 75.6. The molecule has 0 aliphatic carbocycles. The van der Waals surface area contributed by atoms with Gasteiger partial charge in [-0.3, -0.25) is 62.3 Å². The fraction of sp³-hybridized carbons (Fsp3) is 0.574. The van der Waals surface area contributed by atoms with Crippen LogP contribution in [0.2, 0.25) is 0 Å². The second-order valence-corrected chi connectivity index (χ2v) is 25.9. The summed E-state index contributed by atoms with van der Waals surface area (Å²) in [7, 11) is 1.26. The average Bonchev–Trinajstić information content (AvgIpc) is 1.33. The molecule has 14 N–H and O–H groups in total. The minimum Gasteiger partial charge on any atom is -0.487 e. The third-order valence-electron chi connectivity index (χ3n) is 17.8. The Morgan fingerprint density at radius 1 is 0.775 bits per heavy atom. The van der Waals surface area contributed by atoms with Gasteiger partial charge in [0.05, 0.1) is 24.7 Å². The van der Waals surface area contributed by atoms with Gasteiger partial charge in [0.2, 0.25) is 53.2 Å². The van der Waals surface area contributed by atoms with E-state index in [1.165, 1.54) is 52.1 Å². The van der Waals surface area contributed by atoms with Crippen LogP contribution in [0.3, 0.4) is 0 Å². The summed E-state index contributed by atoms with van der Waals surface area (Å²) in [5.41, 5.74) is -3.15. The molecule has 0 spiro atoms. The van der Waals surface area contributed by atoms with E-state index >= 15 is 9.59 Å². The Hall–Kier alpha value is -9.45. The standard InChI is InChI=1S/C68H95N11O23/c1-10-36(4)52-61(91)77-55-42-20-22-43(23-21-42)101-40(8)68(97,34-98-29-15-27-69-47(81)18-14-19-48(82)70-31-46-57(87)58(88)65(102-46)79-28-25-50(84)73-67(79)96)26-24-49(83)71-32-51(85)99-33-44(66(95)100-39(7)54(63(93)74-52)76-59(89)37(5)56(86)35(2)3)72-62(92)53(38(6)80)75-60(90)45(78(9)64(55)94)30-41-16-12-11-13-17-41/h11-13,16-17,20-26,28,35-40,44-46,52-58,65,80,86-88,97H,10,14-15,18-19,27,29-34H2,1-9H3,(H,69,81)(H,70,82)(H,71,83)(H,72,92)(H,74,93)(H,75,90)(H,76,89)(H,77,91)(H,73,84,96)/b26-24+/t36-,37+,38+,39+,40-,44-,45-,46+,52+,53+,54-,55-,56+,57+,58+,65+,68+/m0/s1. The van der Waals surface area contributed by atoms with Gasteiger partial charge < -0.3 is 96.7 Å². The summed E-state index contributed by atoms with van der Waals surface area (Å²) in [6, 6.07) is 4.37. The van der Waals surface area contributed by atoms with Crippen molar-refractivity contribution in [3.05, 3.63) is 111 Å². The summed E-state index contributed by atoms with van der Waals surface area (Å²) in [5.74, 6) is -13.0. The number of hydrogen-bond donors (Lipinski definition) is 14. The molecule has 3 aromatic rings. The zero-order valence-corrected chi connectivity index (χ0v) is 58.3. The van der Waals surface area contributed by atoms with E-state index in [9.17, 15) is 78.3 Å². The van der Waals surface area contributed by atoms with Crippen molar-refractivity contribution in [2.24, 2.45) is 17.8 Å². The summed E-state index contributed by atoms with van der Waals surface area (Å²) in [6.07, 6.45) is -8.39. The molecule has 5 heterocycles. The molecule has 9 amide bonds.